The number of rotatable bonds is 0. The Morgan fingerprint density at radius 1 is 1.00 bits per heavy atom. The number of thiol groups is 1. The first-order valence-corrected chi connectivity index (χ1v) is 2.58. The van der Waals surface area contributed by atoms with E-state index in [1.165, 1.54) is 0 Å². The molecule has 0 aliphatic carbocycles. The maximum Gasteiger partial charge on any atom is 0.00399 e. The lowest BCUT2D eigenvalue weighted by Gasteiger charge is -1.81. The molecule has 8 heavy (non-hydrogen) atoms. The van der Waals surface area contributed by atoms with Crippen LogP contribution in [0.2, 0.25) is 0 Å². The van der Waals surface area contributed by atoms with Crippen LogP contribution in [-0.4, -0.2) is 0 Å². The van der Waals surface area contributed by atoms with Gasteiger partial charge in [-0.1, -0.05) is 18.2 Å². The van der Waals surface area contributed by atoms with Crippen molar-refractivity contribution in [3.8, 4) is 0 Å². The fraction of sp³-hybridized carbons (Fsp3) is 0. The second-order valence-electron chi connectivity index (χ2n) is 1.34. The largest absolute Gasteiger partial charge is 0.147 e. The van der Waals surface area contributed by atoms with Crippen LogP contribution in [0.5, 0.6) is 0 Å². The fourth-order valence-corrected chi connectivity index (χ4v) is 0.600. The minimum atomic E-state index is 0. The van der Waals surface area contributed by atoms with Crippen molar-refractivity contribution >= 4 is 25.0 Å². The van der Waals surface area contributed by atoms with E-state index in [1.54, 1.807) is 0 Å². The van der Waals surface area contributed by atoms with Gasteiger partial charge in [0.2, 0.25) is 0 Å². The van der Waals surface area contributed by atoms with Crippen LogP contribution in [0, 0.1) is 0 Å². The average Bonchev–Trinajstić information content (AvgIpc) is 1.69. The summed E-state index contributed by atoms with van der Waals surface area (Å²) in [5.41, 5.74) is 0. The molecule has 0 amide bonds. The molecule has 0 nitrogen and oxygen atoms in total. The molecule has 44 valence electrons. The van der Waals surface area contributed by atoms with Crippen molar-refractivity contribution in [1.29, 1.82) is 0 Å². The average molecular weight is 147 g/mol. The SMILES string of the molecule is Cl.Sc1ccccc1. The van der Waals surface area contributed by atoms with E-state index >= 15 is 0 Å². The van der Waals surface area contributed by atoms with E-state index in [9.17, 15) is 0 Å². The van der Waals surface area contributed by atoms with Crippen molar-refractivity contribution in [2.24, 2.45) is 0 Å². The molecule has 0 heterocycles. The van der Waals surface area contributed by atoms with E-state index in [0.29, 0.717) is 0 Å². The number of halogens is 1. The monoisotopic (exact) mass is 146 g/mol. The van der Waals surface area contributed by atoms with Crippen LogP contribution in [0.15, 0.2) is 35.2 Å². The third-order valence-electron chi connectivity index (χ3n) is 0.756. The first-order chi connectivity index (χ1) is 3.39. The Balaban J connectivity index is 0.000000490. The normalized spacial score (nSPS) is 7.62. The molecular weight excluding hydrogens is 140 g/mol. The van der Waals surface area contributed by atoms with Crippen LogP contribution in [-0.2, 0) is 0 Å². The maximum absolute atomic E-state index is 4.08. The first-order valence-electron chi connectivity index (χ1n) is 2.13. The van der Waals surface area contributed by atoms with Gasteiger partial charge in [-0.25, -0.2) is 0 Å². The highest BCUT2D eigenvalue weighted by Gasteiger charge is 1.73. The van der Waals surface area contributed by atoms with Gasteiger partial charge in [0.1, 0.15) is 0 Å². The summed E-state index contributed by atoms with van der Waals surface area (Å²) in [5.74, 6) is 0. The molecule has 0 bridgehead atoms. The lowest BCUT2D eigenvalue weighted by atomic mass is 10.4. The molecule has 0 N–H and O–H groups in total. The molecule has 2 heteroatoms. The van der Waals surface area contributed by atoms with Gasteiger partial charge in [0, 0.05) is 4.90 Å². The first kappa shape index (κ1) is 7.86. The summed E-state index contributed by atoms with van der Waals surface area (Å²) >= 11 is 4.08. The molecule has 0 saturated carbocycles. The summed E-state index contributed by atoms with van der Waals surface area (Å²) in [5, 5.41) is 0. The third kappa shape index (κ3) is 2.24. The number of benzene rings is 1. The zero-order valence-electron chi connectivity index (χ0n) is 4.24. The highest BCUT2D eigenvalue weighted by molar-refractivity contribution is 7.80. The van der Waals surface area contributed by atoms with Crippen LogP contribution in [0.1, 0.15) is 0 Å². The molecular formula is C6H7ClS. The zero-order valence-corrected chi connectivity index (χ0v) is 5.95. The molecule has 0 fully saturated rings. The molecule has 0 aromatic heterocycles. The van der Waals surface area contributed by atoms with Crippen molar-refractivity contribution in [1.82, 2.24) is 0 Å². The van der Waals surface area contributed by atoms with E-state index in [1.807, 2.05) is 30.3 Å². The highest BCUT2D eigenvalue weighted by Crippen LogP contribution is 2.00. The van der Waals surface area contributed by atoms with Gasteiger partial charge in [0.25, 0.3) is 0 Å². The summed E-state index contributed by atoms with van der Waals surface area (Å²) in [4.78, 5) is 1.02. The lowest BCUT2D eigenvalue weighted by Crippen LogP contribution is -1.56. The molecule has 0 unspecified atom stereocenters. The molecule has 0 aliphatic rings. The van der Waals surface area contributed by atoms with Gasteiger partial charge in [-0.15, -0.1) is 25.0 Å². The molecule has 1 rings (SSSR count). The Labute approximate surface area is 60.7 Å². The van der Waals surface area contributed by atoms with Crippen molar-refractivity contribution in [2.75, 3.05) is 0 Å². The van der Waals surface area contributed by atoms with Crippen LogP contribution in [0.3, 0.4) is 0 Å². The molecule has 0 radical (unpaired) electrons. The Morgan fingerprint density at radius 2 is 1.50 bits per heavy atom. The lowest BCUT2D eigenvalue weighted by molar-refractivity contribution is 1.48. The third-order valence-corrected chi connectivity index (χ3v) is 1.05. The van der Waals surface area contributed by atoms with E-state index in [-0.39, 0.29) is 12.4 Å². The van der Waals surface area contributed by atoms with Gasteiger partial charge < -0.3 is 0 Å². The van der Waals surface area contributed by atoms with Gasteiger partial charge in [-0.05, 0) is 12.1 Å². The van der Waals surface area contributed by atoms with Crippen LogP contribution in [0.25, 0.3) is 0 Å². The van der Waals surface area contributed by atoms with Gasteiger partial charge in [-0.2, -0.15) is 0 Å². The Bertz CT molecular complexity index is 138. The van der Waals surface area contributed by atoms with Crippen molar-refractivity contribution in [3.05, 3.63) is 30.3 Å². The standard InChI is InChI=1S/C6H6S.ClH/c7-6-4-2-1-3-5-6;/h1-5,7H;1H. The van der Waals surface area contributed by atoms with Crippen LogP contribution < -0.4 is 0 Å². The predicted octanol–water partition coefficient (Wildman–Crippen LogP) is 2.40. The second-order valence-corrected chi connectivity index (χ2v) is 1.85. The van der Waals surface area contributed by atoms with E-state index < -0.39 is 0 Å². The summed E-state index contributed by atoms with van der Waals surface area (Å²) in [6.45, 7) is 0. The highest BCUT2D eigenvalue weighted by atomic mass is 35.5. The Kier molecular flexibility index (Phi) is 3.75. The summed E-state index contributed by atoms with van der Waals surface area (Å²) < 4.78 is 0. The van der Waals surface area contributed by atoms with Crippen molar-refractivity contribution < 1.29 is 0 Å². The molecule has 1 aromatic carbocycles. The smallest absolute Gasteiger partial charge is 0.00399 e. The van der Waals surface area contributed by atoms with Gasteiger partial charge in [-0.3, -0.25) is 0 Å². The molecule has 0 saturated heterocycles. The molecule has 0 aliphatic heterocycles. The quantitative estimate of drug-likeness (QED) is 0.534. The van der Waals surface area contributed by atoms with Gasteiger partial charge in [0.05, 0.1) is 0 Å². The zero-order chi connectivity index (χ0) is 5.11. The number of hydrogen-bond donors (Lipinski definition) is 1. The summed E-state index contributed by atoms with van der Waals surface area (Å²) in [6.07, 6.45) is 0. The van der Waals surface area contributed by atoms with E-state index in [0.717, 1.165) is 4.90 Å². The van der Waals surface area contributed by atoms with Gasteiger partial charge in [0.15, 0.2) is 0 Å². The summed E-state index contributed by atoms with van der Waals surface area (Å²) in [7, 11) is 0. The summed E-state index contributed by atoms with van der Waals surface area (Å²) in [6, 6.07) is 9.79. The molecule has 0 atom stereocenters. The minimum absolute atomic E-state index is 0. The van der Waals surface area contributed by atoms with E-state index in [4.69, 9.17) is 0 Å². The molecule has 1 aromatic rings. The molecule has 0 spiro atoms. The fourth-order valence-electron chi connectivity index (χ4n) is 0.428. The van der Waals surface area contributed by atoms with E-state index in [2.05, 4.69) is 12.6 Å². The van der Waals surface area contributed by atoms with Crippen LogP contribution in [0.4, 0.5) is 0 Å². The predicted molar refractivity (Wildman–Crippen MR) is 40.9 cm³/mol. The van der Waals surface area contributed by atoms with Crippen molar-refractivity contribution in [3.63, 3.8) is 0 Å². The van der Waals surface area contributed by atoms with Crippen molar-refractivity contribution in [2.45, 2.75) is 4.90 Å². The number of hydrogen-bond acceptors (Lipinski definition) is 1. The minimum Gasteiger partial charge on any atom is -0.147 e. The van der Waals surface area contributed by atoms with Gasteiger partial charge >= 0.3 is 0 Å². The Morgan fingerprint density at radius 3 is 1.75 bits per heavy atom. The maximum atomic E-state index is 4.08. The topological polar surface area (TPSA) is 0 Å². The Hall–Kier alpha value is -0.140. The van der Waals surface area contributed by atoms with Crippen LogP contribution >= 0.6 is 25.0 Å². The second kappa shape index (κ2) is 3.81.